The van der Waals surface area contributed by atoms with Gasteiger partial charge in [-0.3, -0.25) is 0 Å². The van der Waals surface area contributed by atoms with Gasteiger partial charge in [-0.2, -0.15) is 20.0 Å². The standard InChI is InChI=1S/C25H28N10O/c1-3-28-23-24-29-13-20(12-27)35(24)32-25(31-23)30-18-4-5-22-21(10-18)17(11-26)15-34(22)19-6-8-33(9-7-19)14-16(2)36/h4-5,10,13,15-16,19,36H,3,6-9,14H2,1-2H3,(H2,28,30,31,32). The van der Waals surface area contributed by atoms with Crippen LogP contribution in [0.25, 0.3) is 16.6 Å². The highest BCUT2D eigenvalue weighted by molar-refractivity contribution is 5.90. The highest BCUT2D eigenvalue weighted by Crippen LogP contribution is 2.32. The Labute approximate surface area is 208 Å². The second-order valence-corrected chi connectivity index (χ2v) is 9.10. The third-order valence-corrected chi connectivity index (χ3v) is 6.50. The summed E-state index contributed by atoms with van der Waals surface area (Å²) in [7, 11) is 0. The van der Waals surface area contributed by atoms with Crippen molar-refractivity contribution in [1.82, 2.24) is 29.0 Å². The summed E-state index contributed by atoms with van der Waals surface area (Å²) in [4.78, 5) is 11.1. The van der Waals surface area contributed by atoms with Gasteiger partial charge in [-0.1, -0.05) is 0 Å². The van der Waals surface area contributed by atoms with Crippen LogP contribution in [0.2, 0.25) is 0 Å². The molecule has 1 aromatic carbocycles. The molecule has 3 N–H and O–H groups in total. The van der Waals surface area contributed by atoms with E-state index in [-0.39, 0.29) is 6.10 Å². The molecule has 0 amide bonds. The van der Waals surface area contributed by atoms with Crippen molar-refractivity contribution >= 4 is 34.0 Å². The lowest BCUT2D eigenvalue weighted by atomic mass is 10.0. The van der Waals surface area contributed by atoms with E-state index in [1.807, 2.05) is 38.2 Å². The molecule has 4 heterocycles. The van der Waals surface area contributed by atoms with Gasteiger partial charge in [0.15, 0.2) is 17.2 Å². The second-order valence-electron chi connectivity index (χ2n) is 9.10. The normalized spacial score (nSPS) is 15.6. The van der Waals surface area contributed by atoms with Crippen molar-refractivity contribution < 1.29 is 5.11 Å². The molecule has 0 aliphatic carbocycles. The first-order valence-corrected chi connectivity index (χ1v) is 12.1. The Balaban J connectivity index is 1.44. The van der Waals surface area contributed by atoms with E-state index < -0.39 is 0 Å². The Morgan fingerprint density at radius 2 is 2.03 bits per heavy atom. The number of aliphatic hydroxyl groups excluding tert-OH is 1. The average molecular weight is 485 g/mol. The SMILES string of the molecule is CCNc1nc(Nc2ccc3c(c2)c(C#N)cn3C2CCN(CC(C)O)CC2)nn2c(C#N)cnc12. The van der Waals surface area contributed by atoms with E-state index in [1.165, 1.54) is 10.7 Å². The summed E-state index contributed by atoms with van der Waals surface area (Å²) in [6.07, 6.45) is 5.02. The summed E-state index contributed by atoms with van der Waals surface area (Å²) in [6.45, 7) is 6.95. The van der Waals surface area contributed by atoms with Crippen molar-refractivity contribution in [1.29, 1.82) is 10.5 Å². The number of aliphatic hydroxyl groups is 1. The minimum atomic E-state index is -0.330. The molecule has 3 aromatic heterocycles. The molecule has 1 aliphatic rings. The van der Waals surface area contributed by atoms with Crippen molar-refractivity contribution in [3.8, 4) is 12.1 Å². The predicted molar refractivity (Wildman–Crippen MR) is 136 cm³/mol. The zero-order chi connectivity index (χ0) is 25.2. The fourth-order valence-corrected chi connectivity index (χ4v) is 4.90. The molecule has 4 aromatic rings. The first-order valence-electron chi connectivity index (χ1n) is 12.1. The summed E-state index contributed by atoms with van der Waals surface area (Å²) in [5.74, 6) is 0.846. The molecule has 11 nitrogen and oxygen atoms in total. The monoisotopic (exact) mass is 484 g/mol. The average Bonchev–Trinajstić information content (AvgIpc) is 3.45. The Bertz CT molecular complexity index is 1480. The number of β-amino-alcohol motifs (C(OH)–C–C–N with tert-alkyl or cyclic N) is 1. The summed E-state index contributed by atoms with van der Waals surface area (Å²) < 4.78 is 3.68. The first-order chi connectivity index (χ1) is 17.5. The van der Waals surface area contributed by atoms with Crippen LogP contribution in [0, 0.1) is 22.7 Å². The summed E-state index contributed by atoms with van der Waals surface area (Å²) in [5, 5.41) is 40.6. The number of benzene rings is 1. The number of piperidine rings is 1. The molecule has 1 fully saturated rings. The Kier molecular flexibility index (Phi) is 6.42. The molecule has 1 aliphatic heterocycles. The highest BCUT2D eigenvalue weighted by Gasteiger charge is 2.23. The molecule has 0 saturated carbocycles. The molecular weight excluding hydrogens is 456 g/mol. The summed E-state index contributed by atoms with van der Waals surface area (Å²) in [5.41, 5.74) is 3.17. The van der Waals surface area contributed by atoms with Crippen LogP contribution in [0.1, 0.15) is 44.0 Å². The number of hydrogen-bond donors (Lipinski definition) is 3. The van der Waals surface area contributed by atoms with Crippen molar-refractivity contribution in [2.24, 2.45) is 0 Å². The number of fused-ring (bicyclic) bond motifs is 2. The van der Waals surface area contributed by atoms with Gasteiger partial charge in [0.2, 0.25) is 5.95 Å². The van der Waals surface area contributed by atoms with E-state index >= 15 is 0 Å². The summed E-state index contributed by atoms with van der Waals surface area (Å²) >= 11 is 0. The van der Waals surface area contributed by atoms with Gasteiger partial charge < -0.3 is 25.2 Å². The van der Waals surface area contributed by atoms with Crippen molar-refractivity contribution in [2.45, 2.75) is 38.8 Å². The quantitative estimate of drug-likeness (QED) is 0.360. The molecule has 5 rings (SSSR count). The van der Waals surface area contributed by atoms with E-state index in [0.29, 0.717) is 47.8 Å². The smallest absolute Gasteiger partial charge is 0.247 e. The maximum atomic E-state index is 9.82. The lowest BCUT2D eigenvalue weighted by Crippen LogP contribution is -2.38. The third kappa shape index (κ3) is 4.42. The minimum absolute atomic E-state index is 0.303. The number of anilines is 3. The van der Waals surface area contributed by atoms with Gasteiger partial charge in [0.05, 0.1) is 17.9 Å². The lowest BCUT2D eigenvalue weighted by Gasteiger charge is -2.33. The number of nitriles is 2. The Morgan fingerprint density at radius 1 is 1.22 bits per heavy atom. The molecule has 184 valence electrons. The maximum Gasteiger partial charge on any atom is 0.247 e. The van der Waals surface area contributed by atoms with Crippen LogP contribution < -0.4 is 10.6 Å². The van der Waals surface area contributed by atoms with Crippen LogP contribution in [0.3, 0.4) is 0 Å². The zero-order valence-corrected chi connectivity index (χ0v) is 20.3. The van der Waals surface area contributed by atoms with E-state index in [4.69, 9.17) is 0 Å². The van der Waals surface area contributed by atoms with Crippen LogP contribution in [-0.2, 0) is 0 Å². The molecule has 0 spiro atoms. The van der Waals surface area contributed by atoms with Gasteiger partial charge in [0.1, 0.15) is 12.1 Å². The summed E-state index contributed by atoms with van der Waals surface area (Å²) in [6, 6.07) is 10.6. The van der Waals surface area contributed by atoms with E-state index in [2.05, 4.69) is 47.3 Å². The molecule has 1 unspecified atom stereocenters. The zero-order valence-electron chi connectivity index (χ0n) is 20.3. The van der Waals surface area contributed by atoms with E-state index in [9.17, 15) is 15.6 Å². The molecule has 1 saturated heterocycles. The molecule has 36 heavy (non-hydrogen) atoms. The van der Waals surface area contributed by atoms with Crippen molar-refractivity contribution in [3.63, 3.8) is 0 Å². The topological polar surface area (TPSA) is 143 Å². The number of nitrogens with zero attached hydrogens (tertiary/aromatic N) is 8. The third-order valence-electron chi connectivity index (χ3n) is 6.50. The van der Waals surface area contributed by atoms with E-state index in [0.717, 1.165) is 42.5 Å². The van der Waals surface area contributed by atoms with Gasteiger partial charge in [0.25, 0.3) is 0 Å². The van der Waals surface area contributed by atoms with Gasteiger partial charge in [-0.25, -0.2) is 4.98 Å². The van der Waals surface area contributed by atoms with E-state index in [1.54, 1.807) is 0 Å². The second kappa shape index (κ2) is 9.82. The number of aromatic nitrogens is 5. The van der Waals surface area contributed by atoms with Crippen LogP contribution in [0.5, 0.6) is 0 Å². The Hall–Kier alpha value is -4.19. The van der Waals surface area contributed by atoms with Crippen molar-refractivity contribution in [3.05, 3.63) is 41.9 Å². The molecule has 0 radical (unpaired) electrons. The molecule has 11 heteroatoms. The number of imidazole rings is 1. The van der Waals surface area contributed by atoms with Crippen LogP contribution in [-0.4, -0.2) is 66.4 Å². The number of likely N-dealkylation sites (tertiary alicyclic amines) is 1. The van der Waals surface area contributed by atoms with Crippen LogP contribution >= 0.6 is 0 Å². The predicted octanol–water partition coefficient (Wildman–Crippen LogP) is 3.02. The fraction of sp³-hybridized carbons (Fsp3) is 0.400. The Morgan fingerprint density at radius 3 is 2.72 bits per heavy atom. The minimum Gasteiger partial charge on any atom is -0.392 e. The number of hydrogen-bond acceptors (Lipinski definition) is 9. The first kappa shape index (κ1) is 23.5. The highest BCUT2D eigenvalue weighted by atomic mass is 16.3. The lowest BCUT2D eigenvalue weighted by molar-refractivity contribution is 0.102. The molecule has 0 bridgehead atoms. The van der Waals surface area contributed by atoms with Gasteiger partial charge >= 0.3 is 0 Å². The van der Waals surface area contributed by atoms with Crippen molar-refractivity contribution in [2.75, 3.05) is 36.8 Å². The van der Waals surface area contributed by atoms with Gasteiger partial charge in [-0.05, 0) is 44.9 Å². The fourth-order valence-electron chi connectivity index (χ4n) is 4.90. The van der Waals surface area contributed by atoms with Gasteiger partial charge in [-0.15, -0.1) is 5.10 Å². The van der Waals surface area contributed by atoms with Crippen LogP contribution in [0.15, 0.2) is 30.6 Å². The molecule has 1 atom stereocenters. The number of rotatable bonds is 7. The van der Waals surface area contributed by atoms with Gasteiger partial charge in [0, 0.05) is 55.0 Å². The largest absolute Gasteiger partial charge is 0.392 e. The van der Waals surface area contributed by atoms with Crippen LogP contribution in [0.4, 0.5) is 17.5 Å². The maximum absolute atomic E-state index is 9.82. The molecular formula is C25H28N10O. The number of nitrogens with one attached hydrogen (secondary N) is 2.